The average Bonchev–Trinajstić information content (AvgIpc) is 2.92. The summed E-state index contributed by atoms with van der Waals surface area (Å²) in [5.41, 5.74) is 3.51. The second kappa shape index (κ2) is 8.31. The first-order valence-corrected chi connectivity index (χ1v) is 9.55. The topological polar surface area (TPSA) is 61.9 Å². The van der Waals surface area contributed by atoms with Crippen LogP contribution in [0.3, 0.4) is 0 Å². The van der Waals surface area contributed by atoms with E-state index in [1.54, 1.807) is 0 Å². The lowest BCUT2D eigenvalue weighted by molar-refractivity contribution is 0.421. The fourth-order valence-corrected chi connectivity index (χ4v) is 3.17. The van der Waals surface area contributed by atoms with Crippen LogP contribution in [0.5, 0.6) is 5.88 Å². The van der Waals surface area contributed by atoms with Gasteiger partial charge in [0.25, 0.3) is 0 Å². The molecule has 0 atom stereocenters. The molecule has 6 heteroatoms. The number of hydrogen-bond acceptors (Lipinski definition) is 3. The van der Waals surface area contributed by atoms with Crippen molar-refractivity contribution in [2.75, 3.05) is 5.32 Å². The van der Waals surface area contributed by atoms with Gasteiger partial charge in [0.2, 0.25) is 11.0 Å². The molecule has 0 spiro atoms. The fourth-order valence-electron chi connectivity index (χ4n) is 3.02. The van der Waals surface area contributed by atoms with Gasteiger partial charge in [-0.1, -0.05) is 51.1 Å². The normalized spacial score (nSPS) is 11.6. The van der Waals surface area contributed by atoms with E-state index < -0.39 is 0 Å². The van der Waals surface area contributed by atoms with Crippen molar-refractivity contribution in [3.8, 4) is 5.88 Å². The van der Waals surface area contributed by atoms with E-state index in [0.29, 0.717) is 18.2 Å². The third-order valence-corrected chi connectivity index (χ3v) is 4.62. The smallest absolute Gasteiger partial charge is 0.220 e. The Morgan fingerprint density at radius 1 is 1.15 bits per heavy atom. The molecule has 0 aliphatic carbocycles. The predicted octanol–water partition coefficient (Wildman–Crippen LogP) is 6.36. The lowest BCUT2D eigenvalue weighted by Crippen LogP contribution is -2.04. The monoisotopic (exact) mass is 380 g/mol. The van der Waals surface area contributed by atoms with Crippen molar-refractivity contribution in [3.05, 3.63) is 54.1 Å². The van der Waals surface area contributed by atoms with Crippen LogP contribution < -0.4 is 5.32 Å². The van der Waals surface area contributed by atoms with Crippen LogP contribution >= 0.6 is 12.2 Å². The molecule has 3 rings (SSSR count). The van der Waals surface area contributed by atoms with Gasteiger partial charge in [-0.2, -0.15) is 0 Å². The predicted molar refractivity (Wildman–Crippen MR) is 115 cm³/mol. The molecule has 27 heavy (non-hydrogen) atoms. The van der Waals surface area contributed by atoms with Gasteiger partial charge < -0.3 is 15.0 Å². The van der Waals surface area contributed by atoms with E-state index in [9.17, 15) is 5.11 Å². The van der Waals surface area contributed by atoms with Crippen molar-refractivity contribution in [2.45, 2.75) is 39.7 Å². The molecule has 0 amide bonds. The first kappa shape index (κ1) is 19.0. The van der Waals surface area contributed by atoms with Crippen molar-refractivity contribution in [1.82, 2.24) is 4.57 Å². The van der Waals surface area contributed by atoms with Gasteiger partial charge in [-0.15, -0.1) is 10.2 Å². The van der Waals surface area contributed by atoms with Crippen LogP contribution in [0, 0.1) is 0 Å². The quantitative estimate of drug-likeness (QED) is 0.400. The van der Waals surface area contributed by atoms with Crippen LogP contribution in [0.25, 0.3) is 10.9 Å². The van der Waals surface area contributed by atoms with Crippen LogP contribution in [0.2, 0.25) is 0 Å². The molecule has 1 heterocycles. The van der Waals surface area contributed by atoms with Crippen molar-refractivity contribution >= 4 is 39.6 Å². The molecule has 3 aromatic rings. The lowest BCUT2D eigenvalue weighted by Gasteiger charge is -2.07. The number of hydrogen-bond donors (Lipinski definition) is 2. The highest BCUT2D eigenvalue weighted by Gasteiger charge is 2.15. The highest BCUT2D eigenvalue weighted by Crippen LogP contribution is 2.38. The van der Waals surface area contributed by atoms with Gasteiger partial charge in [0.05, 0.1) is 5.52 Å². The molecule has 0 aliphatic heterocycles. The summed E-state index contributed by atoms with van der Waals surface area (Å²) in [7, 11) is 0. The number of rotatable bonds is 5. The number of anilines is 1. The number of fused-ring (bicyclic) bond motifs is 1. The number of thiocarbonyl (C=S) groups is 1. The number of azo groups is 1. The summed E-state index contributed by atoms with van der Waals surface area (Å²) in [6, 6.07) is 15.8. The number of aromatic nitrogens is 1. The largest absolute Gasteiger partial charge is 0.493 e. The summed E-state index contributed by atoms with van der Waals surface area (Å²) in [5.74, 6) is 0.597. The van der Waals surface area contributed by atoms with Crippen LogP contribution in [0.15, 0.2) is 58.8 Å². The summed E-state index contributed by atoms with van der Waals surface area (Å²) in [5, 5.41) is 23.1. The zero-order valence-corrected chi connectivity index (χ0v) is 16.6. The SMILES string of the molecule is CCCn1c(O)c(N=NC(=S)Nc2ccc(C(C)C)cc2)c2ccccc21. The minimum absolute atomic E-state index is 0.117. The maximum Gasteiger partial charge on any atom is 0.220 e. The zero-order chi connectivity index (χ0) is 19.4. The third-order valence-electron chi connectivity index (χ3n) is 4.43. The van der Waals surface area contributed by atoms with E-state index in [4.69, 9.17) is 12.2 Å². The lowest BCUT2D eigenvalue weighted by atomic mass is 10.0. The number of benzene rings is 2. The number of aromatic hydroxyl groups is 1. The maximum atomic E-state index is 10.6. The van der Waals surface area contributed by atoms with Gasteiger partial charge >= 0.3 is 0 Å². The summed E-state index contributed by atoms with van der Waals surface area (Å²) in [6.07, 6.45) is 0.912. The standard InChI is InChI=1S/C21H24N4OS/c1-4-13-25-18-8-6-5-7-17(18)19(20(25)26)23-24-21(27)22-16-11-9-15(10-12-16)14(2)3/h5-12,14,26H,4,13H2,1-3H3,(H,22,27). The number of nitrogens with zero attached hydrogens (tertiary/aromatic N) is 3. The Kier molecular flexibility index (Phi) is 5.86. The molecule has 5 nitrogen and oxygen atoms in total. The van der Waals surface area contributed by atoms with E-state index >= 15 is 0 Å². The summed E-state index contributed by atoms with van der Waals surface area (Å²) in [6.45, 7) is 7.09. The van der Waals surface area contributed by atoms with Crippen molar-refractivity contribution in [2.24, 2.45) is 10.2 Å². The average molecular weight is 381 g/mol. The van der Waals surface area contributed by atoms with Crippen molar-refractivity contribution in [3.63, 3.8) is 0 Å². The minimum atomic E-state index is 0.117. The van der Waals surface area contributed by atoms with Crippen LogP contribution in [-0.2, 0) is 6.54 Å². The molecule has 2 N–H and O–H groups in total. The summed E-state index contributed by atoms with van der Waals surface area (Å²) >= 11 is 5.28. The molecular formula is C21H24N4OS. The molecule has 0 saturated carbocycles. The molecule has 0 unspecified atom stereocenters. The number of para-hydroxylation sites is 1. The van der Waals surface area contributed by atoms with E-state index in [2.05, 4.69) is 48.4 Å². The van der Waals surface area contributed by atoms with Gasteiger partial charge in [-0.05, 0) is 48.3 Å². The van der Waals surface area contributed by atoms with Crippen LogP contribution in [0.1, 0.15) is 38.7 Å². The molecule has 140 valence electrons. The van der Waals surface area contributed by atoms with Crippen LogP contribution in [0.4, 0.5) is 11.4 Å². The second-order valence-corrected chi connectivity index (χ2v) is 7.13. The number of nitrogens with one attached hydrogen (secondary N) is 1. The first-order chi connectivity index (χ1) is 13.0. The van der Waals surface area contributed by atoms with Crippen LogP contribution in [-0.4, -0.2) is 14.8 Å². The zero-order valence-electron chi connectivity index (χ0n) is 15.8. The van der Waals surface area contributed by atoms with Gasteiger partial charge in [-0.25, -0.2) is 0 Å². The Morgan fingerprint density at radius 2 is 1.85 bits per heavy atom. The Bertz CT molecular complexity index is 974. The second-order valence-electron chi connectivity index (χ2n) is 6.75. The third kappa shape index (κ3) is 4.17. The fraction of sp³-hybridized carbons (Fsp3) is 0.286. The highest BCUT2D eigenvalue weighted by atomic mass is 32.1. The molecule has 0 fully saturated rings. The molecular weight excluding hydrogens is 356 g/mol. The maximum absolute atomic E-state index is 10.6. The van der Waals surface area contributed by atoms with Gasteiger partial charge in [0.15, 0.2) is 5.69 Å². The Labute approximate surface area is 164 Å². The number of aryl methyl sites for hydroxylation is 1. The van der Waals surface area contributed by atoms with Crippen molar-refractivity contribution in [1.29, 1.82) is 0 Å². The van der Waals surface area contributed by atoms with Crippen molar-refractivity contribution < 1.29 is 5.11 Å². The Morgan fingerprint density at radius 3 is 2.52 bits per heavy atom. The molecule has 0 saturated heterocycles. The Hall–Kier alpha value is -2.73. The van der Waals surface area contributed by atoms with Gasteiger partial charge in [0, 0.05) is 17.6 Å². The van der Waals surface area contributed by atoms with E-state index in [1.807, 2.05) is 41.0 Å². The Balaban J connectivity index is 1.81. The van der Waals surface area contributed by atoms with E-state index in [0.717, 1.165) is 23.0 Å². The first-order valence-electron chi connectivity index (χ1n) is 9.14. The van der Waals surface area contributed by atoms with E-state index in [1.165, 1.54) is 5.56 Å². The molecule has 0 bridgehead atoms. The van der Waals surface area contributed by atoms with Gasteiger partial charge in [-0.3, -0.25) is 0 Å². The minimum Gasteiger partial charge on any atom is -0.493 e. The molecule has 2 aromatic carbocycles. The summed E-state index contributed by atoms with van der Waals surface area (Å²) in [4.78, 5) is 0. The van der Waals surface area contributed by atoms with Gasteiger partial charge in [0.1, 0.15) is 0 Å². The summed E-state index contributed by atoms with van der Waals surface area (Å²) < 4.78 is 1.85. The highest BCUT2D eigenvalue weighted by molar-refractivity contribution is 7.80. The van der Waals surface area contributed by atoms with E-state index in [-0.39, 0.29) is 11.0 Å². The molecule has 0 radical (unpaired) electrons. The molecule has 0 aliphatic rings. The molecule has 1 aromatic heterocycles.